The third kappa shape index (κ3) is 2.20. The maximum absolute atomic E-state index is 12.1. The van der Waals surface area contributed by atoms with Crippen LogP contribution in [0.5, 0.6) is 0 Å². The topological polar surface area (TPSA) is 76.3 Å². The van der Waals surface area contributed by atoms with Crippen LogP contribution < -0.4 is 4.90 Å². The van der Waals surface area contributed by atoms with E-state index < -0.39 is 11.7 Å². The van der Waals surface area contributed by atoms with E-state index in [2.05, 4.69) is 10.2 Å². The number of aromatic nitrogens is 2. The van der Waals surface area contributed by atoms with Gasteiger partial charge in [-0.3, -0.25) is 14.5 Å². The number of fused-ring (bicyclic) bond motifs is 1. The molecule has 108 valence electrons. The third-order valence-corrected chi connectivity index (χ3v) is 3.74. The fraction of sp³-hybridized carbons (Fsp3) is 0.231. The zero-order valence-corrected chi connectivity index (χ0v) is 12.4. The summed E-state index contributed by atoms with van der Waals surface area (Å²) in [7, 11) is 0. The highest BCUT2D eigenvalue weighted by Crippen LogP contribution is 2.40. The minimum absolute atomic E-state index is 0.0232. The van der Waals surface area contributed by atoms with Crippen LogP contribution in [0.2, 0.25) is 10.0 Å². The number of benzene rings is 1. The van der Waals surface area contributed by atoms with Gasteiger partial charge in [0.1, 0.15) is 6.54 Å². The van der Waals surface area contributed by atoms with Gasteiger partial charge < -0.3 is 4.42 Å². The van der Waals surface area contributed by atoms with E-state index >= 15 is 0 Å². The molecule has 0 radical (unpaired) electrons. The number of Topliss-reactive ketones (excluding diaryl/α,β-unsaturated/α-hetero) is 1. The maximum atomic E-state index is 12.1. The summed E-state index contributed by atoms with van der Waals surface area (Å²) >= 11 is 12.1. The molecule has 0 N–H and O–H groups in total. The minimum Gasteiger partial charge on any atom is -0.423 e. The van der Waals surface area contributed by atoms with Gasteiger partial charge in [-0.25, -0.2) is 0 Å². The van der Waals surface area contributed by atoms with Gasteiger partial charge in [0, 0.05) is 6.42 Å². The van der Waals surface area contributed by atoms with Gasteiger partial charge in [-0.2, -0.15) is 0 Å². The number of nitrogens with zero attached hydrogens (tertiary/aromatic N) is 3. The molecule has 0 fully saturated rings. The summed E-state index contributed by atoms with van der Waals surface area (Å²) in [6, 6.07) is 3.02. The minimum atomic E-state index is -0.712. The molecule has 0 unspecified atom stereocenters. The van der Waals surface area contributed by atoms with E-state index in [1.807, 2.05) is 6.92 Å². The van der Waals surface area contributed by atoms with Gasteiger partial charge in [0.2, 0.25) is 11.8 Å². The smallest absolute Gasteiger partial charge is 0.300 e. The molecule has 0 aliphatic carbocycles. The zero-order chi connectivity index (χ0) is 15.1. The van der Waals surface area contributed by atoms with E-state index in [4.69, 9.17) is 27.6 Å². The Morgan fingerprint density at radius 1 is 1.14 bits per heavy atom. The Morgan fingerprint density at radius 2 is 1.81 bits per heavy atom. The lowest BCUT2D eigenvalue weighted by atomic mass is 10.1. The Hall–Kier alpha value is -1.92. The van der Waals surface area contributed by atoms with Crippen molar-refractivity contribution in [3.8, 4) is 0 Å². The van der Waals surface area contributed by atoms with Gasteiger partial charge in [-0.05, 0) is 12.1 Å². The van der Waals surface area contributed by atoms with Gasteiger partial charge in [0.15, 0.2) is 0 Å². The van der Waals surface area contributed by atoms with Crippen molar-refractivity contribution in [3.63, 3.8) is 0 Å². The quantitative estimate of drug-likeness (QED) is 0.811. The fourth-order valence-electron chi connectivity index (χ4n) is 2.13. The molecule has 1 aliphatic heterocycles. The monoisotopic (exact) mass is 325 g/mol. The van der Waals surface area contributed by atoms with Crippen molar-refractivity contribution in [2.24, 2.45) is 0 Å². The van der Waals surface area contributed by atoms with Crippen molar-refractivity contribution in [3.05, 3.63) is 39.5 Å². The van der Waals surface area contributed by atoms with Crippen molar-refractivity contribution in [2.45, 2.75) is 19.9 Å². The number of hydrogen-bond acceptors (Lipinski definition) is 5. The number of aryl methyl sites for hydroxylation is 1. The Kier molecular flexibility index (Phi) is 3.43. The van der Waals surface area contributed by atoms with E-state index in [-0.39, 0.29) is 33.7 Å². The summed E-state index contributed by atoms with van der Waals surface area (Å²) < 4.78 is 5.36. The third-order valence-electron chi connectivity index (χ3n) is 3.12. The molecule has 1 aliphatic rings. The van der Waals surface area contributed by atoms with E-state index in [9.17, 15) is 9.59 Å². The molecule has 1 aromatic carbocycles. The molecule has 0 saturated heterocycles. The van der Waals surface area contributed by atoms with Crippen molar-refractivity contribution in [1.82, 2.24) is 10.2 Å². The van der Waals surface area contributed by atoms with Crippen molar-refractivity contribution >= 4 is 40.6 Å². The standard InChI is InChI=1S/C13H9Cl2N3O3/c1-2-8-16-17-9(21-8)5-18-11-7(15)4-3-6(14)10(11)12(19)13(18)20/h3-4H,2,5H2,1H3. The van der Waals surface area contributed by atoms with Crippen LogP contribution in [0.3, 0.4) is 0 Å². The van der Waals surface area contributed by atoms with E-state index in [0.717, 1.165) is 0 Å². The first-order valence-electron chi connectivity index (χ1n) is 6.18. The second kappa shape index (κ2) is 5.13. The molecule has 21 heavy (non-hydrogen) atoms. The molecule has 0 atom stereocenters. The second-order valence-corrected chi connectivity index (χ2v) is 5.23. The Bertz CT molecular complexity index is 757. The molecule has 8 heteroatoms. The SMILES string of the molecule is CCc1nnc(CN2C(=O)C(=O)c3c(Cl)ccc(Cl)c32)o1. The fourth-order valence-corrected chi connectivity index (χ4v) is 2.63. The molecule has 6 nitrogen and oxygen atoms in total. The lowest BCUT2D eigenvalue weighted by Crippen LogP contribution is -2.29. The van der Waals surface area contributed by atoms with Crippen molar-refractivity contribution < 1.29 is 14.0 Å². The Balaban J connectivity index is 2.03. The molecular weight excluding hydrogens is 317 g/mol. The summed E-state index contributed by atoms with van der Waals surface area (Å²) in [5, 5.41) is 8.11. The summed E-state index contributed by atoms with van der Waals surface area (Å²) in [5.74, 6) is -0.707. The van der Waals surface area contributed by atoms with Gasteiger partial charge in [-0.15, -0.1) is 10.2 Å². The highest BCUT2D eigenvalue weighted by Gasteiger charge is 2.40. The molecule has 0 bridgehead atoms. The first kappa shape index (κ1) is 14.0. The van der Waals surface area contributed by atoms with Crippen LogP contribution in [0.25, 0.3) is 0 Å². The summed E-state index contributed by atoms with van der Waals surface area (Å²) in [5.41, 5.74) is 0.403. The largest absolute Gasteiger partial charge is 0.423 e. The van der Waals surface area contributed by atoms with Crippen molar-refractivity contribution in [2.75, 3.05) is 4.90 Å². The normalized spacial score (nSPS) is 14.0. The number of carbonyl (C=O) groups is 2. The molecule has 1 aromatic heterocycles. The molecule has 0 spiro atoms. The lowest BCUT2D eigenvalue weighted by Gasteiger charge is -2.15. The second-order valence-electron chi connectivity index (χ2n) is 4.42. The maximum Gasteiger partial charge on any atom is 0.300 e. The van der Waals surface area contributed by atoms with Crippen LogP contribution in [0.1, 0.15) is 29.1 Å². The Labute approximate surface area is 129 Å². The average molecular weight is 326 g/mol. The Morgan fingerprint density at radius 3 is 2.48 bits per heavy atom. The highest BCUT2D eigenvalue weighted by atomic mass is 35.5. The van der Waals surface area contributed by atoms with Crippen LogP contribution in [0.4, 0.5) is 5.69 Å². The first-order chi connectivity index (χ1) is 10.0. The number of carbonyl (C=O) groups excluding carboxylic acids is 2. The number of halogens is 2. The predicted octanol–water partition coefficient (Wildman–Crippen LogP) is 2.67. The molecular formula is C13H9Cl2N3O3. The van der Waals surface area contributed by atoms with E-state index in [1.165, 1.54) is 17.0 Å². The van der Waals surface area contributed by atoms with E-state index in [1.54, 1.807) is 0 Å². The molecule has 2 heterocycles. The van der Waals surface area contributed by atoms with Gasteiger partial charge >= 0.3 is 0 Å². The number of amides is 1. The van der Waals surface area contributed by atoms with E-state index in [0.29, 0.717) is 12.3 Å². The number of ketones is 1. The highest BCUT2D eigenvalue weighted by molar-refractivity contribution is 6.56. The molecule has 0 saturated carbocycles. The zero-order valence-electron chi connectivity index (χ0n) is 10.9. The van der Waals surface area contributed by atoms with Crippen LogP contribution in [-0.4, -0.2) is 21.9 Å². The van der Waals surface area contributed by atoms with Crippen LogP contribution in [0, 0.1) is 0 Å². The van der Waals surface area contributed by atoms with Gasteiger partial charge in [-0.1, -0.05) is 30.1 Å². The summed E-state index contributed by atoms with van der Waals surface area (Å²) in [6.45, 7) is 1.85. The van der Waals surface area contributed by atoms with Gasteiger partial charge in [0.25, 0.3) is 11.7 Å². The lowest BCUT2D eigenvalue weighted by molar-refractivity contribution is -0.114. The van der Waals surface area contributed by atoms with Gasteiger partial charge in [0.05, 0.1) is 21.3 Å². The van der Waals surface area contributed by atoms with Crippen LogP contribution >= 0.6 is 23.2 Å². The molecule has 2 aromatic rings. The first-order valence-corrected chi connectivity index (χ1v) is 6.94. The summed E-state index contributed by atoms with van der Waals surface area (Å²) in [6.07, 6.45) is 0.586. The van der Waals surface area contributed by atoms with Crippen LogP contribution in [-0.2, 0) is 17.8 Å². The number of hydrogen-bond donors (Lipinski definition) is 0. The molecule has 3 rings (SSSR count). The summed E-state index contributed by atoms with van der Waals surface area (Å²) in [4.78, 5) is 25.4. The average Bonchev–Trinajstić information content (AvgIpc) is 3.02. The number of anilines is 1. The number of rotatable bonds is 3. The predicted molar refractivity (Wildman–Crippen MR) is 75.7 cm³/mol. The van der Waals surface area contributed by atoms with Crippen LogP contribution in [0.15, 0.2) is 16.5 Å². The molecule has 1 amide bonds. The van der Waals surface area contributed by atoms with Crippen molar-refractivity contribution in [1.29, 1.82) is 0 Å².